The number of hydrogen-bond donors (Lipinski definition) is 1. The molecule has 0 amide bonds. The molecule has 0 aliphatic carbocycles. The van der Waals surface area contributed by atoms with Crippen molar-refractivity contribution in [1.82, 2.24) is 0 Å². The molecule has 16 heavy (non-hydrogen) atoms. The number of ether oxygens (including phenoxy) is 2. The molecular formula is C12H17NO3. The molecule has 0 saturated heterocycles. The van der Waals surface area contributed by atoms with Crippen molar-refractivity contribution in [3.05, 3.63) is 24.3 Å². The van der Waals surface area contributed by atoms with Gasteiger partial charge in [0.25, 0.3) is 0 Å². The predicted octanol–water partition coefficient (Wildman–Crippen LogP) is 1.99. The summed E-state index contributed by atoms with van der Waals surface area (Å²) < 4.78 is 10.4. The topological polar surface area (TPSA) is 61.5 Å². The zero-order chi connectivity index (χ0) is 12.0. The summed E-state index contributed by atoms with van der Waals surface area (Å²) in [7, 11) is 0. The maximum Gasteiger partial charge on any atom is 0.347 e. The summed E-state index contributed by atoms with van der Waals surface area (Å²) in [5.41, 5.74) is 6.20. The fraction of sp³-hybridized carbons (Fsp3) is 0.417. The van der Waals surface area contributed by atoms with Gasteiger partial charge in [-0.15, -0.1) is 0 Å². The van der Waals surface area contributed by atoms with Crippen molar-refractivity contribution in [2.45, 2.75) is 26.4 Å². The Kier molecular flexibility index (Phi) is 4.64. The van der Waals surface area contributed by atoms with E-state index in [2.05, 4.69) is 0 Å². The SMILES string of the molecule is CCCOC(=O)[C@H](C)Oc1cccc(N)c1. The molecule has 4 heteroatoms. The van der Waals surface area contributed by atoms with Crippen LogP contribution in [0.1, 0.15) is 20.3 Å². The van der Waals surface area contributed by atoms with Crippen LogP contribution in [-0.4, -0.2) is 18.7 Å². The highest BCUT2D eigenvalue weighted by Gasteiger charge is 2.15. The van der Waals surface area contributed by atoms with Crippen LogP contribution < -0.4 is 10.5 Å². The number of esters is 1. The Bertz CT molecular complexity index is 352. The first kappa shape index (κ1) is 12.4. The third-order valence-electron chi connectivity index (χ3n) is 1.95. The first-order valence-electron chi connectivity index (χ1n) is 5.32. The van der Waals surface area contributed by atoms with Crippen molar-refractivity contribution in [3.8, 4) is 5.75 Å². The normalized spacial score (nSPS) is 11.9. The van der Waals surface area contributed by atoms with Gasteiger partial charge in [-0.2, -0.15) is 0 Å². The van der Waals surface area contributed by atoms with Crippen LogP contribution in [0.25, 0.3) is 0 Å². The third kappa shape index (κ3) is 3.81. The molecule has 1 aromatic carbocycles. The monoisotopic (exact) mass is 223 g/mol. The average Bonchev–Trinajstić information content (AvgIpc) is 2.25. The van der Waals surface area contributed by atoms with E-state index in [0.717, 1.165) is 6.42 Å². The number of rotatable bonds is 5. The minimum absolute atomic E-state index is 0.357. The van der Waals surface area contributed by atoms with Gasteiger partial charge in [0, 0.05) is 11.8 Å². The largest absolute Gasteiger partial charge is 0.479 e. The number of anilines is 1. The molecule has 0 aliphatic heterocycles. The van der Waals surface area contributed by atoms with Gasteiger partial charge in [0.1, 0.15) is 5.75 Å². The number of nitrogens with two attached hydrogens (primary N) is 1. The van der Waals surface area contributed by atoms with Crippen LogP contribution in [0.15, 0.2) is 24.3 Å². The Morgan fingerprint density at radius 1 is 1.50 bits per heavy atom. The van der Waals surface area contributed by atoms with Crippen molar-refractivity contribution < 1.29 is 14.3 Å². The summed E-state index contributed by atoms with van der Waals surface area (Å²) in [6.07, 6.45) is 0.185. The molecule has 0 fully saturated rings. The van der Waals surface area contributed by atoms with E-state index >= 15 is 0 Å². The Hall–Kier alpha value is -1.71. The summed E-state index contributed by atoms with van der Waals surface area (Å²) in [4.78, 5) is 11.4. The minimum atomic E-state index is -0.617. The Balaban J connectivity index is 2.50. The molecule has 1 rings (SSSR count). The average molecular weight is 223 g/mol. The van der Waals surface area contributed by atoms with Crippen LogP contribution in [0.2, 0.25) is 0 Å². The highest BCUT2D eigenvalue weighted by Crippen LogP contribution is 2.16. The molecule has 0 spiro atoms. The third-order valence-corrected chi connectivity index (χ3v) is 1.95. The lowest BCUT2D eigenvalue weighted by molar-refractivity contribution is -0.151. The van der Waals surface area contributed by atoms with Crippen molar-refractivity contribution in [2.75, 3.05) is 12.3 Å². The molecule has 1 aromatic rings. The van der Waals surface area contributed by atoms with Crippen LogP contribution in [0.5, 0.6) is 5.75 Å². The highest BCUT2D eigenvalue weighted by atomic mass is 16.6. The number of carbonyl (C=O) groups is 1. The second-order valence-corrected chi connectivity index (χ2v) is 3.50. The van der Waals surface area contributed by atoms with Crippen LogP contribution in [0.4, 0.5) is 5.69 Å². The van der Waals surface area contributed by atoms with Gasteiger partial charge in [0.15, 0.2) is 6.10 Å². The van der Waals surface area contributed by atoms with Gasteiger partial charge in [0.05, 0.1) is 6.61 Å². The molecule has 0 aliphatic rings. The van der Waals surface area contributed by atoms with Gasteiger partial charge in [0.2, 0.25) is 0 Å². The van der Waals surface area contributed by atoms with Gasteiger partial charge in [-0.05, 0) is 25.5 Å². The molecule has 0 bridgehead atoms. The lowest BCUT2D eigenvalue weighted by Crippen LogP contribution is -2.26. The van der Waals surface area contributed by atoms with Crippen LogP contribution in [0, 0.1) is 0 Å². The maximum atomic E-state index is 11.4. The highest BCUT2D eigenvalue weighted by molar-refractivity contribution is 5.74. The molecule has 0 radical (unpaired) electrons. The zero-order valence-corrected chi connectivity index (χ0v) is 9.60. The molecule has 2 N–H and O–H groups in total. The fourth-order valence-electron chi connectivity index (χ4n) is 1.16. The van der Waals surface area contributed by atoms with E-state index in [1.165, 1.54) is 0 Å². The number of nitrogen functional groups attached to an aromatic ring is 1. The number of hydrogen-bond acceptors (Lipinski definition) is 4. The predicted molar refractivity (Wildman–Crippen MR) is 62.2 cm³/mol. The first-order valence-corrected chi connectivity index (χ1v) is 5.32. The van der Waals surface area contributed by atoms with E-state index in [-0.39, 0.29) is 5.97 Å². The van der Waals surface area contributed by atoms with E-state index < -0.39 is 6.10 Å². The lowest BCUT2D eigenvalue weighted by Gasteiger charge is -2.13. The quantitative estimate of drug-likeness (QED) is 0.612. The second kappa shape index (κ2) is 6.00. The van der Waals surface area contributed by atoms with Gasteiger partial charge < -0.3 is 15.2 Å². The second-order valence-electron chi connectivity index (χ2n) is 3.50. The van der Waals surface area contributed by atoms with Crippen molar-refractivity contribution >= 4 is 11.7 Å². The van der Waals surface area contributed by atoms with Gasteiger partial charge >= 0.3 is 5.97 Å². The van der Waals surface area contributed by atoms with Crippen LogP contribution in [-0.2, 0) is 9.53 Å². The standard InChI is InChI=1S/C12H17NO3/c1-3-7-15-12(14)9(2)16-11-6-4-5-10(13)8-11/h4-6,8-9H,3,7,13H2,1-2H3/t9-/m0/s1. The molecule has 0 saturated carbocycles. The minimum Gasteiger partial charge on any atom is -0.479 e. The summed E-state index contributed by atoms with van der Waals surface area (Å²) in [6, 6.07) is 6.95. The molecule has 0 heterocycles. The first-order chi connectivity index (χ1) is 7.63. The van der Waals surface area contributed by atoms with Gasteiger partial charge in [-0.25, -0.2) is 4.79 Å². The lowest BCUT2D eigenvalue weighted by atomic mass is 10.3. The zero-order valence-electron chi connectivity index (χ0n) is 9.60. The van der Waals surface area contributed by atoms with E-state index in [9.17, 15) is 4.79 Å². The van der Waals surface area contributed by atoms with E-state index in [4.69, 9.17) is 15.2 Å². The summed E-state index contributed by atoms with van der Waals surface area (Å²) in [5.74, 6) is 0.213. The van der Waals surface area contributed by atoms with Crippen molar-refractivity contribution in [1.29, 1.82) is 0 Å². The summed E-state index contributed by atoms with van der Waals surface area (Å²) in [5, 5.41) is 0. The maximum absolute atomic E-state index is 11.4. The molecular weight excluding hydrogens is 206 g/mol. The molecule has 4 nitrogen and oxygen atoms in total. The van der Waals surface area contributed by atoms with Crippen molar-refractivity contribution in [2.24, 2.45) is 0 Å². The number of benzene rings is 1. The van der Waals surface area contributed by atoms with Crippen LogP contribution in [0.3, 0.4) is 0 Å². The molecule has 0 aromatic heterocycles. The van der Waals surface area contributed by atoms with E-state index in [0.29, 0.717) is 18.0 Å². The number of carbonyl (C=O) groups excluding carboxylic acids is 1. The fourth-order valence-corrected chi connectivity index (χ4v) is 1.16. The van der Waals surface area contributed by atoms with Crippen molar-refractivity contribution in [3.63, 3.8) is 0 Å². The van der Waals surface area contributed by atoms with Crippen LogP contribution >= 0.6 is 0 Å². The van der Waals surface area contributed by atoms with E-state index in [1.54, 1.807) is 31.2 Å². The van der Waals surface area contributed by atoms with E-state index in [1.807, 2.05) is 6.92 Å². The van der Waals surface area contributed by atoms with Gasteiger partial charge in [-0.1, -0.05) is 13.0 Å². The summed E-state index contributed by atoms with van der Waals surface area (Å²) in [6.45, 7) is 4.02. The Morgan fingerprint density at radius 2 is 2.25 bits per heavy atom. The Labute approximate surface area is 95.3 Å². The molecule has 88 valence electrons. The Morgan fingerprint density at radius 3 is 2.88 bits per heavy atom. The summed E-state index contributed by atoms with van der Waals surface area (Å²) >= 11 is 0. The smallest absolute Gasteiger partial charge is 0.347 e. The van der Waals surface area contributed by atoms with Gasteiger partial charge in [-0.3, -0.25) is 0 Å². The molecule has 1 atom stereocenters. The molecule has 0 unspecified atom stereocenters.